The Bertz CT molecular complexity index is 1180. The van der Waals surface area contributed by atoms with E-state index in [0.717, 1.165) is 17.3 Å². The zero-order valence-electron chi connectivity index (χ0n) is 19.6. The van der Waals surface area contributed by atoms with Crippen LogP contribution in [0.4, 0.5) is 10.2 Å². The number of rotatable bonds is 6. The van der Waals surface area contributed by atoms with E-state index in [-0.39, 0.29) is 17.6 Å². The highest BCUT2D eigenvalue weighted by molar-refractivity contribution is 5.92. The standard InChI is InChI=1S/C26H28FN5O2/c1-18(2)26-29-19(3)15-24(30-26)31-11-13-32(14-12-31)25(33)9-7-20-6-8-23(22(27)16-20)34-21-5-4-10-28-17-21/h4-10,15-18H,11-14H2,1-3H3/b9-7+. The van der Waals surface area contributed by atoms with Crippen LogP contribution in [0.15, 0.2) is 54.9 Å². The Balaban J connectivity index is 1.34. The van der Waals surface area contributed by atoms with E-state index in [9.17, 15) is 9.18 Å². The third-order valence-electron chi connectivity index (χ3n) is 5.53. The number of anilines is 1. The number of hydrogen-bond acceptors (Lipinski definition) is 6. The summed E-state index contributed by atoms with van der Waals surface area (Å²) in [5.74, 6) is 1.95. The van der Waals surface area contributed by atoms with E-state index in [1.54, 1.807) is 41.4 Å². The van der Waals surface area contributed by atoms with Crippen molar-refractivity contribution >= 4 is 17.8 Å². The van der Waals surface area contributed by atoms with Gasteiger partial charge in [0, 0.05) is 56.1 Å². The summed E-state index contributed by atoms with van der Waals surface area (Å²) in [5, 5.41) is 0. The lowest BCUT2D eigenvalue weighted by Gasteiger charge is -2.35. The molecule has 0 unspecified atom stereocenters. The highest BCUT2D eigenvalue weighted by atomic mass is 19.1. The molecule has 176 valence electrons. The SMILES string of the molecule is Cc1cc(N2CCN(C(=O)/C=C/c3ccc(Oc4cccnc4)c(F)c3)CC2)nc(C(C)C)n1. The zero-order valence-corrected chi connectivity index (χ0v) is 19.6. The van der Waals surface area contributed by atoms with Gasteiger partial charge in [-0.2, -0.15) is 0 Å². The zero-order chi connectivity index (χ0) is 24.1. The third-order valence-corrected chi connectivity index (χ3v) is 5.53. The van der Waals surface area contributed by atoms with Crippen molar-refractivity contribution in [1.29, 1.82) is 0 Å². The smallest absolute Gasteiger partial charge is 0.246 e. The maximum Gasteiger partial charge on any atom is 0.246 e. The molecule has 3 aromatic rings. The van der Waals surface area contributed by atoms with Crippen molar-refractivity contribution in [3.63, 3.8) is 0 Å². The molecule has 1 amide bonds. The molecule has 1 aromatic carbocycles. The molecule has 4 rings (SSSR count). The second-order valence-corrected chi connectivity index (χ2v) is 8.51. The number of hydrogen-bond donors (Lipinski definition) is 0. The van der Waals surface area contributed by atoms with E-state index in [4.69, 9.17) is 9.72 Å². The molecule has 1 aliphatic rings. The fourth-order valence-corrected chi connectivity index (χ4v) is 3.66. The van der Waals surface area contributed by atoms with E-state index >= 15 is 0 Å². The molecule has 3 heterocycles. The lowest BCUT2D eigenvalue weighted by atomic mass is 10.2. The first-order valence-corrected chi connectivity index (χ1v) is 11.3. The van der Waals surface area contributed by atoms with Gasteiger partial charge in [-0.25, -0.2) is 14.4 Å². The minimum absolute atomic E-state index is 0.0996. The van der Waals surface area contributed by atoms with Crippen LogP contribution in [0.25, 0.3) is 6.08 Å². The van der Waals surface area contributed by atoms with Crippen LogP contribution in [-0.4, -0.2) is 51.9 Å². The number of carbonyl (C=O) groups is 1. The number of pyridine rings is 1. The van der Waals surface area contributed by atoms with Gasteiger partial charge in [-0.3, -0.25) is 9.78 Å². The van der Waals surface area contributed by atoms with Crippen LogP contribution in [0, 0.1) is 12.7 Å². The van der Waals surface area contributed by atoms with Gasteiger partial charge in [0.2, 0.25) is 5.91 Å². The van der Waals surface area contributed by atoms with Crippen molar-refractivity contribution in [3.8, 4) is 11.5 Å². The number of halogens is 1. The molecule has 0 bridgehead atoms. The molecule has 0 aliphatic carbocycles. The first kappa shape index (κ1) is 23.4. The average Bonchev–Trinajstić information content (AvgIpc) is 2.84. The van der Waals surface area contributed by atoms with Gasteiger partial charge < -0.3 is 14.5 Å². The minimum Gasteiger partial charge on any atom is -0.453 e. The summed E-state index contributed by atoms with van der Waals surface area (Å²) in [4.78, 5) is 29.8. The van der Waals surface area contributed by atoms with E-state index in [1.165, 1.54) is 18.3 Å². The lowest BCUT2D eigenvalue weighted by molar-refractivity contribution is -0.126. The predicted octanol–water partition coefficient (Wildman–Crippen LogP) is 4.60. The molecule has 0 atom stereocenters. The number of piperazine rings is 1. The first-order valence-electron chi connectivity index (χ1n) is 11.3. The number of aromatic nitrogens is 3. The predicted molar refractivity (Wildman–Crippen MR) is 129 cm³/mol. The normalized spacial score (nSPS) is 14.1. The molecule has 34 heavy (non-hydrogen) atoms. The van der Waals surface area contributed by atoms with Crippen LogP contribution in [0.3, 0.4) is 0 Å². The fourth-order valence-electron chi connectivity index (χ4n) is 3.66. The highest BCUT2D eigenvalue weighted by Gasteiger charge is 2.21. The molecule has 0 radical (unpaired) electrons. The van der Waals surface area contributed by atoms with Crippen LogP contribution in [0.5, 0.6) is 11.5 Å². The van der Waals surface area contributed by atoms with Crippen molar-refractivity contribution < 1.29 is 13.9 Å². The molecule has 8 heteroatoms. The summed E-state index contributed by atoms with van der Waals surface area (Å²) >= 11 is 0. The summed E-state index contributed by atoms with van der Waals surface area (Å²) in [5.41, 5.74) is 1.53. The van der Waals surface area contributed by atoms with Crippen molar-refractivity contribution in [2.45, 2.75) is 26.7 Å². The van der Waals surface area contributed by atoms with E-state index in [0.29, 0.717) is 37.5 Å². The van der Waals surface area contributed by atoms with Crippen LogP contribution in [0.1, 0.15) is 36.8 Å². The number of nitrogens with zero attached hydrogens (tertiary/aromatic N) is 5. The second kappa shape index (κ2) is 10.4. The van der Waals surface area contributed by atoms with Gasteiger partial charge in [0.25, 0.3) is 0 Å². The summed E-state index contributed by atoms with van der Waals surface area (Å²) < 4.78 is 19.9. The Morgan fingerprint density at radius 2 is 1.91 bits per heavy atom. The van der Waals surface area contributed by atoms with Gasteiger partial charge >= 0.3 is 0 Å². The molecule has 0 N–H and O–H groups in total. The summed E-state index contributed by atoms with van der Waals surface area (Å²) in [6.07, 6.45) is 6.24. The van der Waals surface area contributed by atoms with Crippen LogP contribution in [0.2, 0.25) is 0 Å². The molecule has 1 fully saturated rings. The monoisotopic (exact) mass is 461 g/mol. The van der Waals surface area contributed by atoms with Gasteiger partial charge in [0.05, 0.1) is 6.20 Å². The Kier molecular flexibility index (Phi) is 7.15. The van der Waals surface area contributed by atoms with Crippen LogP contribution >= 0.6 is 0 Å². The molecular formula is C26H28FN5O2. The molecule has 2 aromatic heterocycles. The van der Waals surface area contributed by atoms with Gasteiger partial charge in [0.1, 0.15) is 17.4 Å². The Hall–Kier alpha value is -3.81. The van der Waals surface area contributed by atoms with Crippen LogP contribution < -0.4 is 9.64 Å². The molecule has 0 saturated carbocycles. The van der Waals surface area contributed by atoms with E-state index < -0.39 is 5.82 Å². The maximum absolute atomic E-state index is 14.4. The Labute approximate surface area is 198 Å². The maximum atomic E-state index is 14.4. The summed E-state index contributed by atoms with van der Waals surface area (Å²) in [6, 6.07) is 10.00. The molecule has 0 spiro atoms. The third kappa shape index (κ3) is 5.75. The van der Waals surface area contributed by atoms with Gasteiger partial charge in [-0.05, 0) is 42.8 Å². The van der Waals surface area contributed by atoms with E-state index in [2.05, 4.69) is 28.7 Å². The van der Waals surface area contributed by atoms with Crippen molar-refractivity contribution in [1.82, 2.24) is 19.9 Å². The quantitative estimate of drug-likeness (QED) is 0.500. The fraction of sp³-hybridized carbons (Fsp3) is 0.308. The molecule has 1 aliphatic heterocycles. The van der Waals surface area contributed by atoms with Crippen LogP contribution in [-0.2, 0) is 4.79 Å². The molecular weight excluding hydrogens is 433 g/mol. The minimum atomic E-state index is -0.507. The largest absolute Gasteiger partial charge is 0.453 e. The van der Waals surface area contributed by atoms with E-state index in [1.807, 2.05) is 13.0 Å². The summed E-state index contributed by atoms with van der Waals surface area (Å²) in [6.45, 7) is 8.71. The number of carbonyl (C=O) groups excluding carboxylic acids is 1. The Morgan fingerprint density at radius 3 is 2.59 bits per heavy atom. The first-order chi connectivity index (χ1) is 16.4. The molecule has 7 nitrogen and oxygen atoms in total. The van der Waals surface area contributed by atoms with Crippen molar-refractivity contribution in [3.05, 3.63) is 77.8 Å². The highest BCUT2D eigenvalue weighted by Crippen LogP contribution is 2.25. The average molecular weight is 462 g/mol. The number of benzene rings is 1. The molecule has 1 saturated heterocycles. The number of amides is 1. The summed E-state index contributed by atoms with van der Waals surface area (Å²) in [7, 11) is 0. The lowest BCUT2D eigenvalue weighted by Crippen LogP contribution is -2.48. The van der Waals surface area contributed by atoms with Gasteiger partial charge in [-0.1, -0.05) is 19.9 Å². The number of aryl methyl sites for hydroxylation is 1. The second-order valence-electron chi connectivity index (χ2n) is 8.51. The Morgan fingerprint density at radius 1 is 1.12 bits per heavy atom. The van der Waals surface area contributed by atoms with Crippen molar-refractivity contribution in [2.75, 3.05) is 31.1 Å². The number of ether oxygens (including phenoxy) is 1. The topological polar surface area (TPSA) is 71.5 Å². The van der Waals surface area contributed by atoms with Gasteiger partial charge in [-0.15, -0.1) is 0 Å². The van der Waals surface area contributed by atoms with Gasteiger partial charge in [0.15, 0.2) is 11.6 Å². The van der Waals surface area contributed by atoms with Crippen molar-refractivity contribution in [2.24, 2.45) is 0 Å².